The number of alkyl carbamates (subject to hydrolysis) is 1. The highest BCUT2D eigenvalue weighted by atomic mass is 16.6. The number of carbonyl (C=O) groups excluding carboxylic acids is 7. The third kappa shape index (κ3) is 18.4. The van der Waals surface area contributed by atoms with Crippen LogP contribution in [0, 0.1) is 5.41 Å². The molecule has 40 heavy (non-hydrogen) atoms. The molecule has 0 rings (SSSR count). The Morgan fingerprint density at radius 2 is 1.18 bits per heavy atom. The van der Waals surface area contributed by atoms with Gasteiger partial charge in [-0.15, -0.1) is 0 Å². The lowest BCUT2D eigenvalue weighted by molar-refractivity contribution is -0.148. The van der Waals surface area contributed by atoms with Gasteiger partial charge in [0.05, 0.1) is 26.7 Å². The van der Waals surface area contributed by atoms with E-state index in [1.54, 1.807) is 20.8 Å². The van der Waals surface area contributed by atoms with Gasteiger partial charge in [0.15, 0.2) is 0 Å². The molecule has 0 radical (unpaired) electrons. The molecular formula is C25H44N6O9. The summed E-state index contributed by atoms with van der Waals surface area (Å²) in [5.74, 6) is -4.09. The fourth-order valence-corrected chi connectivity index (χ4v) is 3.08. The second kappa shape index (κ2) is 17.6. The number of amides is 6. The van der Waals surface area contributed by atoms with Crippen molar-refractivity contribution in [3.8, 4) is 0 Å². The molecule has 6 amide bonds. The number of hydrogen-bond donors (Lipinski definition) is 5. The van der Waals surface area contributed by atoms with E-state index in [9.17, 15) is 33.6 Å². The van der Waals surface area contributed by atoms with Crippen molar-refractivity contribution < 1.29 is 43.0 Å². The molecule has 15 heteroatoms. The van der Waals surface area contributed by atoms with Gasteiger partial charge in [0.2, 0.25) is 29.5 Å². The van der Waals surface area contributed by atoms with Gasteiger partial charge in [-0.3, -0.25) is 28.8 Å². The molecule has 0 heterocycles. The zero-order valence-electron chi connectivity index (χ0n) is 24.5. The van der Waals surface area contributed by atoms with Gasteiger partial charge in [-0.1, -0.05) is 27.2 Å². The molecular weight excluding hydrogens is 528 g/mol. The highest BCUT2D eigenvalue weighted by Crippen LogP contribution is 2.20. The van der Waals surface area contributed by atoms with Gasteiger partial charge >= 0.3 is 12.1 Å². The number of rotatable bonds is 16. The van der Waals surface area contributed by atoms with Gasteiger partial charge in [-0.25, -0.2) is 4.79 Å². The molecule has 0 atom stereocenters. The largest absolute Gasteiger partial charge is 0.468 e. The minimum atomic E-state index is -0.821. The van der Waals surface area contributed by atoms with Crippen molar-refractivity contribution in [2.45, 2.75) is 60.0 Å². The van der Waals surface area contributed by atoms with Crippen molar-refractivity contribution >= 4 is 41.6 Å². The average molecular weight is 573 g/mol. The number of nitrogens with zero attached hydrogens (tertiary/aromatic N) is 1. The molecule has 0 spiro atoms. The molecule has 0 aromatic rings. The Kier molecular flexibility index (Phi) is 15.9. The van der Waals surface area contributed by atoms with Crippen LogP contribution in [-0.4, -0.2) is 105 Å². The standard InChI is InChI=1S/C25H44N6O9/c1-8-9-25(5,6)16-30-19(34)11-26-17(32)10-27-20(35)14-31(15-22(37)39-7)21(36)13-28-18(33)12-29-23(38)40-24(2,3)4/h8-16H2,1-7H3,(H,26,32)(H,27,35)(H,28,33)(H,29,38)(H,30,34). The number of methoxy groups -OCH3 is 1. The van der Waals surface area contributed by atoms with E-state index in [4.69, 9.17) is 4.74 Å². The molecule has 0 aliphatic heterocycles. The minimum Gasteiger partial charge on any atom is -0.468 e. The van der Waals surface area contributed by atoms with E-state index < -0.39 is 74.0 Å². The summed E-state index contributed by atoms with van der Waals surface area (Å²) in [6.07, 6.45) is 1.08. The number of nitrogens with one attached hydrogen (secondary N) is 5. The van der Waals surface area contributed by atoms with Crippen LogP contribution < -0.4 is 26.6 Å². The average Bonchev–Trinajstić information content (AvgIpc) is 2.85. The second-order valence-electron chi connectivity index (χ2n) is 10.7. The summed E-state index contributed by atoms with van der Waals surface area (Å²) >= 11 is 0. The Bertz CT molecular complexity index is 915. The summed E-state index contributed by atoms with van der Waals surface area (Å²) in [7, 11) is 1.10. The topological polar surface area (TPSA) is 201 Å². The van der Waals surface area contributed by atoms with Crippen LogP contribution in [-0.2, 0) is 38.2 Å². The summed E-state index contributed by atoms with van der Waals surface area (Å²) in [5, 5.41) is 11.9. The molecule has 5 N–H and O–H groups in total. The molecule has 0 bridgehead atoms. The van der Waals surface area contributed by atoms with Crippen molar-refractivity contribution in [1.82, 2.24) is 31.5 Å². The lowest BCUT2D eigenvalue weighted by Gasteiger charge is -2.24. The fourth-order valence-electron chi connectivity index (χ4n) is 3.08. The van der Waals surface area contributed by atoms with Crippen LogP contribution in [0.3, 0.4) is 0 Å². The monoisotopic (exact) mass is 572 g/mol. The summed E-state index contributed by atoms with van der Waals surface area (Å²) < 4.78 is 9.53. The first-order valence-electron chi connectivity index (χ1n) is 12.9. The quantitative estimate of drug-likeness (QED) is 0.141. The van der Waals surface area contributed by atoms with Crippen molar-refractivity contribution in [3.63, 3.8) is 0 Å². The van der Waals surface area contributed by atoms with Gasteiger partial charge in [0.25, 0.3) is 0 Å². The summed E-state index contributed by atoms with van der Waals surface area (Å²) in [5.41, 5.74) is -0.832. The van der Waals surface area contributed by atoms with Crippen molar-refractivity contribution in [3.05, 3.63) is 0 Å². The van der Waals surface area contributed by atoms with Gasteiger partial charge in [0.1, 0.15) is 25.2 Å². The normalized spacial score (nSPS) is 11.0. The third-order valence-electron chi connectivity index (χ3n) is 5.05. The highest BCUT2D eigenvalue weighted by molar-refractivity contribution is 5.93. The predicted octanol–water partition coefficient (Wildman–Crippen LogP) is -1.20. The molecule has 0 aliphatic carbocycles. The van der Waals surface area contributed by atoms with E-state index in [0.29, 0.717) is 6.54 Å². The second-order valence-corrected chi connectivity index (χ2v) is 10.7. The molecule has 228 valence electrons. The smallest absolute Gasteiger partial charge is 0.408 e. The van der Waals surface area contributed by atoms with Gasteiger partial charge < -0.3 is 41.0 Å². The molecule has 0 unspecified atom stereocenters. The molecule has 0 aliphatic rings. The van der Waals surface area contributed by atoms with E-state index in [1.807, 2.05) is 13.8 Å². The first-order valence-corrected chi connectivity index (χ1v) is 12.9. The van der Waals surface area contributed by atoms with E-state index >= 15 is 0 Å². The van der Waals surface area contributed by atoms with E-state index in [2.05, 4.69) is 38.2 Å². The summed E-state index contributed by atoms with van der Waals surface area (Å²) in [6.45, 7) is 8.52. The van der Waals surface area contributed by atoms with Crippen molar-refractivity contribution in [2.75, 3.05) is 52.9 Å². The Hall–Kier alpha value is -3.91. The van der Waals surface area contributed by atoms with Crippen molar-refractivity contribution in [1.29, 1.82) is 0 Å². The van der Waals surface area contributed by atoms with Crippen LogP contribution in [0.15, 0.2) is 0 Å². The SMILES string of the molecule is CCCC(C)(C)CNC(=O)CNC(=O)CNC(=O)CN(CC(=O)OC)C(=O)CNC(=O)CNC(=O)OC(C)(C)C. The van der Waals surface area contributed by atoms with Gasteiger partial charge in [-0.2, -0.15) is 0 Å². The van der Waals surface area contributed by atoms with Crippen LogP contribution in [0.2, 0.25) is 0 Å². The van der Waals surface area contributed by atoms with Crippen molar-refractivity contribution in [2.24, 2.45) is 5.41 Å². The maximum absolute atomic E-state index is 12.5. The number of ether oxygens (including phenoxy) is 2. The Morgan fingerprint density at radius 1 is 0.675 bits per heavy atom. The molecule has 0 saturated heterocycles. The van der Waals surface area contributed by atoms with Crippen LogP contribution in [0.4, 0.5) is 4.79 Å². The van der Waals surface area contributed by atoms with E-state index in [0.717, 1.165) is 24.9 Å². The number of carbonyl (C=O) groups is 7. The fraction of sp³-hybridized carbons (Fsp3) is 0.720. The van der Waals surface area contributed by atoms with Crippen LogP contribution in [0.25, 0.3) is 0 Å². The van der Waals surface area contributed by atoms with E-state index in [1.165, 1.54) is 0 Å². The highest BCUT2D eigenvalue weighted by Gasteiger charge is 2.22. The number of esters is 1. The zero-order chi connectivity index (χ0) is 30.9. The Labute approximate surface area is 234 Å². The summed E-state index contributed by atoms with van der Waals surface area (Å²) in [6, 6.07) is 0. The van der Waals surface area contributed by atoms with Crippen LogP contribution in [0.5, 0.6) is 0 Å². The lowest BCUT2D eigenvalue weighted by atomic mass is 9.88. The van der Waals surface area contributed by atoms with Gasteiger partial charge in [-0.05, 0) is 32.6 Å². The maximum Gasteiger partial charge on any atom is 0.408 e. The minimum absolute atomic E-state index is 0.0737. The third-order valence-corrected chi connectivity index (χ3v) is 5.05. The predicted molar refractivity (Wildman–Crippen MR) is 144 cm³/mol. The molecule has 0 fully saturated rings. The first-order chi connectivity index (χ1) is 18.5. The summed E-state index contributed by atoms with van der Waals surface area (Å²) in [4.78, 5) is 84.9. The van der Waals surface area contributed by atoms with Crippen LogP contribution >= 0.6 is 0 Å². The zero-order valence-corrected chi connectivity index (χ0v) is 24.5. The first kappa shape index (κ1) is 36.1. The van der Waals surface area contributed by atoms with E-state index in [-0.39, 0.29) is 17.9 Å². The maximum atomic E-state index is 12.5. The lowest BCUT2D eigenvalue weighted by Crippen LogP contribution is -2.49. The Balaban J connectivity index is 4.65. The van der Waals surface area contributed by atoms with Crippen LogP contribution in [0.1, 0.15) is 54.4 Å². The molecule has 15 nitrogen and oxygen atoms in total. The number of hydrogen-bond acceptors (Lipinski definition) is 9. The molecule has 0 aromatic heterocycles. The molecule has 0 saturated carbocycles. The van der Waals surface area contributed by atoms with Gasteiger partial charge in [0, 0.05) is 6.54 Å². The molecule has 0 aromatic carbocycles. The Morgan fingerprint density at radius 3 is 1.70 bits per heavy atom.